The molecule has 2 rings (SSSR count). The summed E-state index contributed by atoms with van der Waals surface area (Å²) in [6.07, 6.45) is 4.17. The van der Waals surface area contributed by atoms with Crippen molar-refractivity contribution in [1.82, 2.24) is 10.2 Å². The number of rotatable bonds is 5. The van der Waals surface area contributed by atoms with Crippen LogP contribution in [0.2, 0.25) is 0 Å². The zero-order valence-electron chi connectivity index (χ0n) is 11.3. The molecular weight excluding hydrogens is 308 g/mol. The molecule has 0 bridgehead atoms. The molecule has 1 saturated heterocycles. The summed E-state index contributed by atoms with van der Waals surface area (Å²) in [6.45, 7) is 9.16. The summed E-state index contributed by atoms with van der Waals surface area (Å²) >= 11 is 5.45. The Morgan fingerprint density at radius 3 is 2.72 bits per heavy atom. The van der Waals surface area contributed by atoms with Gasteiger partial charge in [0.25, 0.3) is 0 Å². The van der Waals surface area contributed by atoms with Crippen LogP contribution in [0.15, 0.2) is 10.5 Å². The topological polar surface area (TPSA) is 15.3 Å². The number of nitrogens with one attached hydrogen (secondary N) is 1. The van der Waals surface area contributed by atoms with Gasteiger partial charge in [0, 0.05) is 33.4 Å². The Kier molecular flexibility index (Phi) is 5.67. The first-order valence-electron chi connectivity index (χ1n) is 6.86. The lowest BCUT2D eigenvalue weighted by atomic mass is 10.1. The van der Waals surface area contributed by atoms with Gasteiger partial charge in [-0.3, -0.25) is 4.90 Å². The molecule has 1 aromatic rings. The average molecular weight is 331 g/mol. The summed E-state index contributed by atoms with van der Waals surface area (Å²) in [5, 5.41) is 3.59. The van der Waals surface area contributed by atoms with E-state index in [9.17, 15) is 0 Å². The van der Waals surface area contributed by atoms with E-state index in [1.54, 1.807) is 0 Å². The van der Waals surface area contributed by atoms with E-state index in [0.717, 1.165) is 13.1 Å². The number of halogens is 1. The highest BCUT2D eigenvalue weighted by Crippen LogP contribution is 2.26. The maximum absolute atomic E-state index is 3.59. The number of hydrogen-bond acceptors (Lipinski definition) is 3. The van der Waals surface area contributed by atoms with E-state index in [4.69, 9.17) is 0 Å². The van der Waals surface area contributed by atoms with Crippen molar-refractivity contribution in [1.29, 1.82) is 0 Å². The minimum Gasteiger partial charge on any atom is -0.310 e. The van der Waals surface area contributed by atoms with E-state index < -0.39 is 0 Å². The summed E-state index contributed by atoms with van der Waals surface area (Å²) in [7, 11) is 0. The number of aryl methyl sites for hydroxylation is 1. The van der Waals surface area contributed by atoms with Crippen LogP contribution in [0.5, 0.6) is 0 Å². The van der Waals surface area contributed by atoms with Gasteiger partial charge in [-0.15, -0.1) is 11.3 Å². The molecule has 4 heteroatoms. The van der Waals surface area contributed by atoms with Crippen LogP contribution in [0.1, 0.15) is 35.9 Å². The summed E-state index contributed by atoms with van der Waals surface area (Å²) < 4.78 is 1.24. The Bertz CT molecular complexity index is 352. The van der Waals surface area contributed by atoms with Crippen molar-refractivity contribution in [3.63, 3.8) is 0 Å². The second kappa shape index (κ2) is 7.04. The molecule has 0 aliphatic carbocycles. The molecule has 1 N–H and O–H groups in total. The molecular formula is C14H23BrN2S. The van der Waals surface area contributed by atoms with Gasteiger partial charge in [-0.25, -0.2) is 0 Å². The first-order chi connectivity index (χ1) is 8.66. The lowest BCUT2D eigenvalue weighted by Crippen LogP contribution is -2.42. The predicted molar refractivity (Wildman–Crippen MR) is 83.3 cm³/mol. The smallest absolute Gasteiger partial charge is 0.0314 e. The normalized spacial score (nSPS) is 19.1. The Balaban J connectivity index is 1.71. The number of hydrogen-bond donors (Lipinski definition) is 1. The van der Waals surface area contributed by atoms with Gasteiger partial charge in [0.05, 0.1) is 0 Å². The van der Waals surface area contributed by atoms with Crippen molar-refractivity contribution in [3.05, 3.63) is 20.3 Å². The molecule has 2 heterocycles. The van der Waals surface area contributed by atoms with Crippen LogP contribution in [0, 0.1) is 6.92 Å². The number of nitrogens with zero attached hydrogens (tertiary/aromatic N) is 1. The molecule has 18 heavy (non-hydrogen) atoms. The van der Waals surface area contributed by atoms with Crippen LogP contribution in [0.25, 0.3) is 0 Å². The summed E-state index contributed by atoms with van der Waals surface area (Å²) in [5.41, 5.74) is 0. The Morgan fingerprint density at radius 1 is 1.39 bits per heavy atom. The monoisotopic (exact) mass is 330 g/mol. The second-order valence-corrected chi connectivity index (χ2v) is 7.39. The van der Waals surface area contributed by atoms with Gasteiger partial charge in [-0.1, -0.05) is 6.42 Å². The zero-order chi connectivity index (χ0) is 13.0. The lowest BCUT2D eigenvalue weighted by Gasteiger charge is -2.32. The van der Waals surface area contributed by atoms with Crippen LogP contribution < -0.4 is 5.32 Å². The highest BCUT2D eigenvalue weighted by Gasteiger charge is 2.16. The Morgan fingerprint density at radius 2 is 2.11 bits per heavy atom. The summed E-state index contributed by atoms with van der Waals surface area (Å²) in [6, 6.07) is 2.90. The molecule has 0 spiro atoms. The maximum atomic E-state index is 3.59. The fraction of sp³-hybridized carbons (Fsp3) is 0.714. The van der Waals surface area contributed by atoms with Gasteiger partial charge >= 0.3 is 0 Å². The molecule has 102 valence electrons. The van der Waals surface area contributed by atoms with Crippen molar-refractivity contribution >= 4 is 27.3 Å². The number of likely N-dealkylation sites (tertiary alicyclic amines) is 1. The van der Waals surface area contributed by atoms with Crippen molar-refractivity contribution in [3.8, 4) is 0 Å². The van der Waals surface area contributed by atoms with Crippen molar-refractivity contribution < 1.29 is 0 Å². The van der Waals surface area contributed by atoms with Crippen molar-refractivity contribution in [2.24, 2.45) is 0 Å². The highest BCUT2D eigenvalue weighted by molar-refractivity contribution is 9.10. The molecule has 1 aromatic heterocycles. The van der Waals surface area contributed by atoms with E-state index in [1.165, 1.54) is 46.6 Å². The fourth-order valence-corrected chi connectivity index (χ4v) is 4.07. The van der Waals surface area contributed by atoms with Gasteiger partial charge in [0.1, 0.15) is 0 Å². The van der Waals surface area contributed by atoms with E-state index in [0.29, 0.717) is 6.04 Å². The summed E-state index contributed by atoms with van der Waals surface area (Å²) in [5.74, 6) is 0. The standard InChI is InChI=1S/C14H23BrN2S/c1-11(17-6-4-3-5-7-17)9-16-10-13-8-14(15)12(2)18-13/h8,11,16H,3-7,9-10H2,1-2H3. The van der Waals surface area contributed by atoms with Crippen molar-refractivity contribution in [2.45, 2.75) is 45.7 Å². The molecule has 1 aliphatic rings. The molecule has 2 nitrogen and oxygen atoms in total. The third-order valence-electron chi connectivity index (χ3n) is 3.66. The molecule has 1 fully saturated rings. The predicted octanol–water partition coefficient (Wildman–Crippen LogP) is 3.78. The second-order valence-electron chi connectivity index (χ2n) is 5.19. The molecule has 0 aromatic carbocycles. The first-order valence-corrected chi connectivity index (χ1v) is 8.47. The van der Waals surface area contributed by atoms with Gasteiger partial charge < -0.3 is 5.32 Å². The highest BCUT2D eigenvalue weighted by atomic mass is 79.9. The maximum Gasteiger partial charge on any atom is 0.0314 e. The minimum atomic E-state index is 0.662. The fourth-order valence-electron chi connectivity index (χ4n) is 2.50. The third-order valence-corrected chi connectivity index (χ3v) is 5.80. The van der Waals surface area contributed by atoms with Gasteiger partial charge in [0.15, 0.2) is 0 Å². The van der Waals surface area contributed by atoms with Crippen LogP contribution in [-0.4, -0.2) is 30.6 Å². The Labute approximate surface area is 123 Å². The molecule has 0 radical (unpaired) electrons. The quantitative estimate of drug-likeness (QED) is 0.883. The van der Waals surface area contributed by atoms with Crippen molar-refractivity contribution in [2.75, 3.05) is 19.6 Å². The minimum absolute atomic E-state index is 0.662. The SMILES string of the molecule is Cc1sc(CNCC(C)N2CCCCC2)cc1Br. The molecule has 0 amide bonds. The van der Waals surface area contributed by atoms with E-state index in [1.807, 2.05) is 11.3 Å². The zero-order valence-corrected chi connectivity index (χ0v) is 13.7. The van der Waals surface area contributed by atoms with Gasteiger partial charge in [-0.05, 0) is 61.8 Å². The third kappa shape index (κ3) is 4.05. The summed E-state index contributed by atoms with van der Waals surface area (Å²) in [4.78, 5) is 5.41. The molecule has 1 aliphatic heterocycles. The van der Waals surface area contributed by atoms with Gasteiger partial charge in [0.2, 0.25) is 0 Å². The number of thiophene rings is 1. The average Bonchev–Trinajstić information content (AvgIpc) is 2.69. The van der Waals surface area contributed by atoms with Crippen LogP contribution >= 0.6 is 27.3 Å². The largest absolute Gasteiger partial charge is 0.310 e. The molecule has 0 saturated carbocycles. The molecule has 1 unspecified atom stereocenters. The first kappa shape index (κ1) is 14.5. The van der Waals surface area contributed by atoms with E-state index in [2.05, 4.69) is 46.1 Å². The van der Waals surface area contributed by atoms with Crippen LogP contribution in [0.4, 0.5) is 0 Å². The van der Waals surface area contributed by atoms with Crippen LogP contribution in [0.3, 0.4) is 0 Å². The van der Waals surface area contributed by atoms with Gasteiger partial charge in [-0.2, -0.15) is 0 Å². The number of piperidine rings is 1. The van der Waals surface area contributed by atoms with E-state index >= 15 is 0 Å². The van der Waals surface area contributed by atoms with E-state index in [-0.39, 0.29) is 0 Å². The Hall–Kier alpha value is 0.100. The lowest BCUT2D eigenvalue weighted by molar-refractivity contribution is 0.171. The van der Waals surface area contributed by atoms with Crippen LogP contribution in [-0.2, 0) is 6.54 Å². The molecule has 1 atom stereocenters.